The first-order chi connectivity index (χ1) is 6.72. The zero-order chi connectivity index (χ0) is 10.1. The molecule has 4 heteroatoms. The molecule has 0 atom stereocenters. The molecule has 0 bridgehead atoms. The van der Waals surface area contributed by atoms with Gasteiger partial charge >= 0.3 is 0 Å². The van der Waals surface area contributed by atoms with Crippen LogP contribution in [0.4, 0.5) is 0 Å². The lowest BCUT2D eigenvalue weighted by atomic mass is 10.1. The molecule has 0 saturated heterocycles. The lowest BCUT2D eigenvalue weighted by molar-refractivity contribution is -0.108. The van der Waals surface area contributed by atoms with E-state index in [1.54, 1.807) is 12.1 Å². The van der Waals surface area contributed by atoms with Crippen LogP contribution in [0.5, 0.6) is 0 Å². The molecule has 0 saturated carbocycles. The van der Waals surface area contributed by atoms with E-state index in [9.17, 15) is 9.59 Å². The molecule has 1 heterocycles. The van der Waals surface area contributed by atoms with E-state index in [1.165, 1.54) is 4.90 Å². The van der Waals surface area contributed by atoms with E-state index in [4.69, 9.17) is 11.6 Å². The van der Waals surface area contributed by atoms with Crippen LogP contribution in [0.15, 0.2) is 18.2 Å². The summed E-state index contributed by atoms with van der Waals surface area (Å²) in [7, 11) is 0. The third kappa shape index (κ3) is 1.40. The molecule has 72 valence electrons. The van der Waals surface area contributed by atoms with Gasteiger partial charge in [-0.3, -0.25) is 4.79 Å². The Balaban J connectivity index is 2.36. The Morgan fingerprint density at radius 3 is 3.00 bits per heavy atom. The van der Waals surface area contributed by atoms with Gasteiger partial charge in [0.15, 0.2) is 0 Å². The van der Waals surface area contributed by atoms with Crippen molar-refractivity contribution in [3.63, 3.8) is 0 Å². The number of halogens is 1. The highest BCUT2D eigenvalue weighted by atomic mass is 35.5. The number of fused-ring (bicyclic) bond motifs is 1. The fourth-order valence-corrected chi connectivity index (χ4v) is 1.74. The zero-order valence-corrected chi connectivity index (χ0v) is 8.12. The van der Waals surface area contributed by atoms with Gasteiger partial charge in [-0.2, -0.15) is 0 Å². The van der Waals surface area contributed by atoms with Gasteiger partial charge in [-0.25, -0.2) is 0 Å². The van der Waals surface area contributed by atoms with Gasteiger partial charge < -0.3 is 9.69 Å². The first-order valence-electron chi connectivity index (χ1n) is 4.23. The van der Waals surface area contributed by atoms with Crippen molar-refractivity contribution in [2.45, 2.75) is 6.54 Å². The van der Waals surface area contributed by atoms with Gasteiger partial charge in [-0.05, 0) is 17.7 Å². The normalized spacial score (nSPS) is 14.4. The molecule has 2 rings (SSSR count). The summed E-state index contributed by atoms with van der Waals surface area (Å²) in [6.07, 6.45) is 0.728. The summed E-state index contributed by atoms with van der Waals surface area (Å²) in [6, 6.07) is 5.21. The van der Waals surface area contributed by atoms with Crippen molar-refractivity contribution in [3.8, 4) is 0 Å². The van der Waals surface area contributed by atoms with E-state index < -0.39 is 0 Å². The second kappa shape index (κ2) is 3.42. The van der Waals surface area contributed by atoms with Gasteiger partial charge in [0.2, 0.25) is 0 Å². The molecule has 0 spiro atoms. The number of aldehydes is 1. The lowest BCUT2D eigenvalue weighted by Gasteiger charge is -2.09. The Kier molecular flexibility index (Phi) is 2.25. The molecule has 0 aromatic heterocycles. The molecule has 0 radical (unpaired) electrons. The average Bonchev–Trinajstić information content (AvgIpc) is 2.46. The van der Waals surface area contributed by atoms with Gasteiger partial charge in [0.1, 0.15) is 6.29 Å². The molecule has 0 fully saturated rings. The molecule has 0 unspecified atom stereocenters. The summed E-state index contributed by atoms with van der Waals surface area (Å²) >= 11 is 5.77. The molecule has 14 heavy (non-hydrogen) atoms. The lowest BCUT2D eigenvalue weighted by Crippen LogP contribution is -2.25. The molecule has 0 aliphatic carbocycles. The van der Waals surface area contributed by atoms with Crippen molar-refractivity contribution >= 4 is 23.8 Å². The van der Waals surface area contributed by atoms with Crippen LogP contribution >= 0.6 is 11.6 Å². The van der Waals surface area contributed by atoms with Gasteiger partial charge in [0.05, 0.1) is 6.54 Å². The minimum atomic E-state index is -0.116. The molecular formula is C10H8ClNO2. The highest BCUT2D eigenvalue weighted by molar-refractivity contribution is 6.31. The Morgan fingerprint density at radius 2 is 2.29 bits per heavy atom. The topological polar surface area (TPSA) is 37.4 Å². The summed E-state index contributed by atoms with van der Waals surface area (Å²) < 4.78 is 0. The number of carbonyl (C=O) groups excluding carboxylic acids is 2. The highest BCUT2D eigenvalue weighted by Crippen LogP contribution is 2.24. The van der Waals surface area contributed by atoms with Crippen LogP contribution in [-0.4, -0.2) is 23.6 Å². The standard InChI is InChI=1S/C10H8ClNO2/c11-8-2-1-7-6-12(3-4-13)10(14)9(7)5-8/h1-2,4-5H,3,6H2. The SMILES string of the molecule is O=CCN1Cc2ccc(Cl)cc2C1=O. The number of rotatable bonds is 2. The Labute approximate surface area is 86.3 Å². The fourth-order valence-electron chi connectivity index (χ4n) is 1.57. The van der Waals surface area contributed by atoms with E-state index >= 15 is 0 Å². The smallest absolute Gasteiger partial charge is 0.254 e. The summed E-state index contributed by atoms with van der Waals surface area (Å²) in [4.78, 5) is 23.4. The molecular weight excluding hydrogens is 202 g/mol. The number of hydrogen-bond donors (Lipinski definition) is 0. The predicted octanol–water partition coefficient (Wildman–Crippen LogP) is 1.49. The van der Waals surface area contributed by atoms with Crippen LogP contribution in [0, 0.1) is 0 Å². The van der Waals surface area contributed by atoms with Crippen molar-refractivity contribution in [1.29, 1.82) is 0 Å². The molecule has 1 aliphatic heterocycles. The number of nitrogens with zero attached hydrogens (tertiary/aromatic N) is 1. The van der Waals surface area contributed by atoms with E-state index in [-0.39, 0.29) is 12.5 Å². The van der Waals surface area contributed by atoms with Crippen LogP contribution in [0.3, 0.4) is 0 Å². The Bertz CT molecular complexity index is 403. The first-order valence-corrected chi connectivity index (χ1v) is 4.61. The third-order valence-corrected chi connectivity index (χ3v) is 2.48. The summed E-state index contributed by atoms with van der Waals surface area (Å²) in [5.74, 6) is -0.116. The fraction of sp³-hybridized carbons (Fsp3) is 0.200. The van der Waals surface area contributed by atoms with Crippen LogP contribution in [-0.2, 0) is 11.3 Å². The second-order valence-corrected chi connectivity index (χ2v) is 3.59. The molecule has 1 aromatic rings. The van der Waals surface area contributed by atoms with Gasteiger partial charge in [0, 0.05) is 17.1 Å². The number of amides is 1. The quantitative estimate of drug-likeness (QED) is 0.693. The summed E-state index contributed by atoms with van der Waals surface area (Å²) in [6.45, 7) is 0.648. The summed E-state index contributed by atoms with van der Waals surface area (Å²) in [5, 5.41) is 0.546. The molecule has 1 aromatic carbocycles. The minimum absolute atomic E-state index is 0.116. The first kappa shape index (κ1) is 9.21. The van der Waals surface area contributed by atoms with E-state index in [0.29, 0.717) is 17.1 Å². The predicted molar refractivity (Wildman–Crippen MR) is 52.3 cm³/mol. The van der Waals surface area contributed by atoms with Crippen molar-refractivity contribution in [1.82, 2.24) is 4.90 Å². The molecule has 0 N–H and O–H groups in total. The van der Waals surface area contributed by atoms with Crippen molar-refractivity contribution in [2.24, 2.45) is 0 Å². The maximum absolute atomic E-state index is 11.6. The van der Waals surface area contributed by atoms with Crippen molar-refractivity contribution in [3.05, 3.63) is 34.3 Å². The zero-order valence-electron chi connectivity index (χ0n) is 7.37. The third-order valence-electron chi connectivity index (χ3n) is 2.25. The minimum Gasteiger partial charge on any atom is -0.327 e. The number of carbonyl (C=O) groups is 2. The maximum atomic E-state index is 11.6. The number of benzene rings is 1. The largest absolute Gasteiger partial charge is 0.327 e. The maximum Gasteiger partial charge on any atom is 0.254 e. The average molecular weight is 210 g/mol. The van der Waals surface area contributed by atoms with Crippen LogP contribution < -0.4 is 0 Å². The van der Waals surface area contributed by atoms with Crippen LogP contribution in [0.25, 0.3) is 0 Å². The van der Waals surface area contributed by atoms with E-state index in [0.717, 1.165) is 11.8 Å². The summed E-state index contributed by atoms with van der Waals surface area (Å²) in [5.41, 5.74) is 1.54. The Hall–Kier alpha value is -1.35. The second-order valence-electron chi connectivity index (χ2n) is 3.15. The van der Waals surface area contributed by atoms with E-state index in [1.807, 2.05) is 6.07 Å². The monoisotopic (exact) mass is 209 g/mol. The molecule has 1 aliphatic rings. The van der Waals surface area contributed by atoms with Crippen LogP contribution in [0.2, 0.25) is 5.02 Å². The van der Waals surface area contributed by atoms with Gasteiger partial charge in [-0.15, -0.1) is 0 Å². The Morgan fingerprint density at radius 1 is 1.50 bits per heavy atom. The number of hydrogen-bond acceptors (Lipinski definition) is 2. The van der Waals surface area contributed by atoms with Crippen LogP contribution in [0.1, 0.15) is 15.9 Å². The van der Waals surface area contributed by atoms with E-state index in [2.05, 4.69) is 0 Å². The van der Waals surface area contributed by atoms with Crippen molar-refractivity contribution in [2.75, 3.05) is 6.54 Å². The molecule has 3 nitrogen and oxygen atoms in total. The molecule has 1 amide bonds. The van der Waals surface area contributed by atoms with Crippen molar-refractivity contribution < 1.29 is 9.59 Å². The highest BCUT2D eigenvalue weighted by Gasteiger charge is 2.26. The van der Waals surface area contributed by atoms with Gasteiger partial charge in [-0.1, -0.05) is 17.7 Å². The van der Waals surface area contributed by atoms with Gasteiger partial charge in [0.25, 0.3) is 5.91 Å².